The smallest absolute Gasteiger partial charge is 0.164 e. The maximum atomic E-state index is 5.35. The van der Waals surface area contributed by atoms with E-state index in [1.807, 2.05) is 30.3 Å². The van der Waals surface area contributed by atoms with Crippen LogP contribution in [0.1, 0.15) is 0 Å². The van der Waals surface area contributed by atoms with E-state index in [4.69, 9.17) is 19.9 Å². The second-order valence-electron chi connectivity index (χ2n) is 30.6. The zero-order valence-corrected chi connectivity index (χ0v) is 64.1. The lowest BCUT2D eigenvalue weighted by molar-refractivity contribution is 1.07. The number of para-hydroxylation sites is 4. The van der Waals surface area contributed by atoms with Crippen molar-refractivity contribution in [1.82, 2.24) is 29.1 Å². The normalized spacial score (nSPS) is 11.7. The molecule has 24 rings (SSSR count). The predicted octanol–water partition coefficient (Wildman–Crippen LogP) is 29.7. The number of benzene rings is 20. The highest BCUT2D eigenvalue weighted by Crippen LogP contribution is 2.50. The quantitative estimate of drug-likeness (QED) is 0.128. The van der Waals surface area contributed by atoms with Crippen molar-refractivity contribution in [2.45, 2.75) is 0 Å². The molecule has 0 aliphatic rings. The summed E-state index contributed by atoms with van der Waals surface area (Å²) in [7, 11) is 0. The third kappa shape index (κ3) is 11.3. The molecule has 0 radical (unpaired) electrons. The lowest BCUT2D eigenvalue weighted by atomic mass is 9.88. The lowest BCUT2D eigenvalue weighted by Gasteiger charge is -2.16. The van der Waals surface area contributed by atoms with Gasteiger partial charge in [0, 0.05) is 82.3 Å². The minimum absolute atomic E-state index is 0.639. The van der Waals surface area contributed by atoms with Gasteiger partial charge in [-0.05, 0) is 165 Å². The Morgan fingerprint density at radius 2 is 0.525 bits per heavy atom. The monoisotopic (exact) mass is 1500 g/mol. The molecule has 0 N–H and O–H groups in total. The molecule has 24 aromatic rings. The van der Waals surface area contributed by atoms with Gasteiger partial charge in [-0.15, -0.1) is 0 Å². The number of fused-ring (bicyclic) bond motifs is 22. The molecule has 20 aromatic carbocycles. The van der Waals surface area contributed by atoms with Gasteiger partial charge in [-0.2, -0.15) is 0 Å². The number of pyridine rings is 1. The molecule has 0 saturated carbocycles. The Hall–Kier alpha value is -15.8. The fourth-order valence-corrected chi connectivity index (χ4v) is 18.6. The highest BCUT2D eigenvalue weighted by molar-refractivity contribution is 6.40. The topological polar surface area (TPSA) is 61.4 Å². The average molecular weight is 1500 g/mol. The first-order chi connectivity index (χ1) is 58.5. The Morgan fingerprint density at radius 3 is 1.05 bits per heavy atom. The SMILES string of the molecule is c1ccc(-c2cc(-c3ccc(-c4cc5c6ccccc6c6c(c7ccccc7n6-c6ccccc6)c5c5ccccc45)cc3)nc(-c3cccc4ccccc34)c2)cc1.c1ccc(-c2nc(-c3ccc(-c4cc5c6ccccc6c6c(c7ccccc7n6-c6ccccc6)c5c5ccccc45)cc3)nc(-c3ccc4ccccc4c3)n2)cc1. The van der Waals surface area contributed by atoms with E-state index in [1.54, 1.807) is 0 Å². The molecule has 118 heavy (non-hydrogen) atoms. The molecule has 0 bridgehead atoms. The average Bonchev–Trinajstić information content (AvgIpc) is 1.52. The standard InChI is InChI=1S/C57H36N2.C55H34N4/c1-3-16-37(17-4-1)41-34-52(58-53(35-41)46-28-15-19-38-18-7-8-22-43(38)46)40-32-30-39(31-33-40)50-36-51-45-24-10-12-26-48(45)57-56(55(51)47-25-11-9-23-44(47)50)49-27-13-14-29-54(49)59(57)42-20-5-2-6-21-42;1-3-16-37(17-4-1)53-56-54(58-55(57-53)40-32-27-35-15-7-8-18-39(35)33-40)38-30-28-36(29-31-38)47-34-48-43-22-10-12-24-45(43)52-51(50(48)44-23-11-9-21-42(44)47)46-25-13-14-26-49(46)59(52)41-19-5-2-6-20-41/h1-36H;1-34H. The third-order valence-electron chi connectivity index (χ3n) is 23.9. The summed E-state index contributed by atoms with van der Waals surface area (Å²) in [5.74, 6) is 1.94. The summed E-state index contributed by atoms with van der Waals surface area (Å²) < 4.78 is 4.91. The first-order valence-electron chi connectivity index (χ1n) is 40.3. The zero-order valence-electron chi connectivity index (χ0n) is 64.1. The summed E-state index contributed by atoms with van der Waals surface area (Å²) in [6.45, 7) is 0. The van der Waals surface area contributed by atoms with Crippen LogP contribution in [0.25, 0.3) is 231 Å². The van der Waals surface area contributed by atoms with Gasteiger partial charge in [0.25, 0.3) is 0 Å². The minimum atomic E-state index is 0.639. The van der Waals surface area contributed by atoms with E-state index >= 15 is 0 Å². The fourth-order valence-electron chi connectivity index (χ4n) is 18.6. The van der Waals surface area contributed by atoms with Crippen molar-refractivity contribution in [3.63, 3.8) is 0 Å². The van der Waals surface area contributed by atoms with Gasteiger partial charge in [0.15, 0.2) is 17.5 Å². The van der Waals surface area contributed by atoms with Crippen molar-refractivity contribution < 1.29 is 0 Å². The van der Waals surface area contributed by atoms with E-state index < -0.39 is 0 Å². The van der Waals surface area contributed by atoms with E-state index in [-0.39, 0.29) is 0 Å². The maximum absolute atomic E-state index is 5.35. The molecule has 548 valence electrons. The van der Waals surface area contributed by atoms with E-state index in [1.165, 1.54) is 147 Å². The largest absolute Gasteiger partial charge is 0.309 e. The molecule has 0 amide bonds. The second-order valence-corrected chi connectivity index (χ2v) is 30.6. The highest BCUT2D eigenvalue weighted by atomic mass is 15.0. The highest BCUT2D eigenvalue weighted by Gasteiger charge is 2.26. The molecule has 6 heteroatoms. The zero-order chi connectivity index (χ0) is 77.7. The molecule has 4 aromatic heterocycles. The van der Waals surface area contributed by atoms with Crippen LogP contribution in [0.15, 0.2) is 425 Å². The molecular weight excluding hydrogens is 1430 g/mol. The van der Waals surface area contributed by atoms with E-state index in [9.17, 15) is 0 Å². The molecule has 0 saturated heterocycles. The van der Waals surface area contributed by atoms with Crippen LogP contribution < -0.4 is 0 Å². The van der Waals surface area contributed by atoms with Crippen LogP contribution >= 0.6 is 0 Å². The summed E-state index contributed by atoms with van der Waals surface area (Å²) in [6.07, 6.45) is 0. The van der Waals surface area contributed by atoms with Gasteiger partial charge in [0.2, 0.25) is 0 Å². The van der Waals surface area contributed by atoms with Crippen molar-refractivity contribution in [1.29, 1.82) is 0 Å². The Balaban J connectivity index is 0.000000138. The van der Waals surface area contributed by atoms with Gasteiger partial charge in [-0.3, -0.25) is 0 Å². The molecular formula is C112H70N6. The van der Waals surface area contributed by atoms with Crippen LogP contribution in [0.5, 0.6) is 0 Å². The summed E-state index contributed by atoms with van der Waals surface area (Å²) >= 11 is 0. The second kappa shape index (κ2) is 28.1. The van der Waals surface area contributed by atoms with Crippen LogP contribution in [0.3, 0.4) is 0 Å². The van der Waals surface area contributed by atoms with Crippen LogP contribution in [-0.2, 0) is 0 Å². The van der Waals surface area contributed by atoms with Gasteiger partial charge in [-0.25, -0.2) is 19.9 Å². The van der Waals surface area contributed by atoms with E-state index in [0.29, 0.717) is 17.5 Å². The number of hydrogen-bond acceptors (Lipinski definition) is 4. The molecule has 0 unspecified atom stereocenters. The summed E-state index contributed by atoms with van der Waals surface area (Å²) in [4.78, 5) is 20.5. The number of aromatic nitrogens is 6. The number of hydrogen-bond donors (Lipinski definition) is 0. The first-order valence-corrected chi connectivity index (χ1v) is 40.3. The van der Waals surface area contributed by atoms with Crippen molar-refractivity contribution in [3.8, 4) is 101 Å². The van der Waals surface area contributed by atoms with Crippen molar-refractivity contribution >= 4 is 130 Å². The lowest BCUT2D eigenvalue weighted by Crippen LogP contribution is -2.00. The minimum Gasteiger partial charge on any atom is -0.309 e. The van der Waals surface area contributed by atoms with Gasteiger partial charge in [-0.1, -0.05) is 358 Å². The van der Waals surface area contributed by atoms with Crippen molar-refractivity contribution in [3.05, 3.63) is 425 Å². The summed E-state index contributed by atoms with van der Waals surface area (Å²) in [5, 5.41) is 24.8. The van der Waals surface area contributed by atoms with Gasteiger partial charge in [0.1, 0.15) is 0 Å². The molecule has 0 aliphatic carbocycles. The molecule has 0 spiro atoms. The van der Waals surface area contributed by atoms with E-state index in [0.717, 1.165) is 67.1 Å². The third-order valence-corrected chi connectivity index (χ3v) is 23.9. The molecule has 0 aliphatic heterocycles. The Kier molecular flexibility index (Phi) is 16.2. The fraction of sp³-hybridized carbons (Fsp3) is 0. The van der Waals surface area contributed by atoms with E-state index in [2.05, 4.69) is 403 Å². The van der Waals surface area contributed by atoms with Gasteiger partial charge >= 0.3 is 0 Å². The maximum Gasteiger partial charge on any atom is 0.164 e. The van der Waals surface area contributed by atoms with Crippen molar-refractivity contribution in [2.75, 3.05) is 0 Å². The number of nitrogens with zero attached hydrogens (tertiary/aromatic N) is 6. The van der Waals surface area contributed by atoms with Gasteiger partial charge < -0.3 is 9.13 Å². The van der Waals surface area contributed by atoms with Crippen LogP contribution in [0.4, 0.5) is 0 Å². The first kappa shape index (κ1) is 67.9. The molecule has 0 atom stereocenters. The summed E-state index contributed by atoms with van der Waals surface area (Å²) in [5.41, 5.74) is 21.2. The van der Waals surface area contributed by atoms with Crippen LogP contribution in [-0.4, -0.2) is 29.1 Å². The van der Waals surface area contributed by atoms with Crippen molar-refractivity contribution in [2.24, 2.45) is 0 Å². The molecule has 4 heterocycles. The van der Waals surface area contributed by atoms with Crippen LogP contribution in [0.2, 0.25) is 0 Å². The molecule has 6 nitrogen and oxygen atoms in total. The Morgan fingerprint density at radius 1 is 0.161 bits per heavy atom. The van der Waals surface area contributed by atoms with Gasteiger partial charge in [0.05, 0.1) is 33.5 Å². The van der Waals surface area contributed by atoms with Crippen LogP contribution in [0, 0.1) is 0 Å². The summed E-state index contributed by atoms with van der Waals surface area (Å²) in [6, 6.07) is 153. The predicted molar refractivity (Wildman–Crippen MR) is 496 cm³/mol. The Labute approximate surface area is 680 Å². The molecule has 0 fully saturated rings. The number of rotatable bonds is 10. The Bertz CT molecular complexity index is 8130.